The summed E-state index contributed by atoms with van der Waals surface area (Å²) in [5, 5.41) is 4.04. The maximum atomic E-state index is 12.6. The normalized spacial score (nSPS) is 11.8. The van der Waals surface area contributed by atoms with Gasteiger partial charge in [0.15, 0.2) is 10.2 Å². The zero-order chi connectivity index (χ0) is 21.1. The molecule has 29 heavy (non-hydrogen) atoms. The number of nitrogens with zero attached hydrogens (tertiary/aromatic N) is 2. The molecule has 0 fully saturated rings. The average molecular weight is 442 g/mol. The highest BCUT2D eigenvalue weighted by molar-refractivity contribution is 7.92. The predicted molar refractivity (Wildman–Crippen MR) is 99.8 cm³/mol. The molecule has 2 aromatic heterocycles. The van der Waals surface area contributed by atoms with Crippen molar-refractivity contribution >= 4 is 32.4 Å². The van der Waals surface area contributed by atoms with Crippen LogP contribution >= 0.6 is 11.3 Å². The Kier molecular flexibility index (Phi) is 5.84. The van der Waals surface area contributed by atoms with Crippen molar-refractivity contribution in [1.82, 2.24) is 15.3 Å². The van der Waals surface area contributed by atoms with Crippen molar-refractivity contribution in [3.05, 3.63) is 70.9 Å². The number of alkyl halides is 3. The van der Waals surface area contributed by atoms with Gasteiger partial charge in [-0.2, -0.15) is 21.6 Å². The highest BCUT2D eigenvalue weighted by atomic mass is 32.2. The van der Waals surface area contributed by atoms with Crippen LogP contribution in [0.4, 0.5) is 18.3 Å². The molecule has 0 spiro atoms. The summed E-state index contributed by atoms with van der Waals surface area (Å²) in [6.07, 6.45) is -1.89. The molecule has 0 unspecified atom stereocenters. The lowest BCUT2D eigenvalue weighted by molar-refractivity contribution is -0.137. The van der Waals surface area contributed by atoms with E-state index in [1.54, 1.807) is 5.38 Å². The van der Waals surface area contributed by atoms with Gasteiger partial charge >= 0.3 is 6.18 Å². The van der Waals surface area contributed by atoms with Gasteiger partial charge in [0.2, 0.25) is 0 Å². The van der Waals surface area contributed by atoms with Crippen LogP contribution < -0.4 is 10.0 Å². The molecule has 2 heterocycles. The standard InChI is InChI=1S/C17H13F3N4O3S2/c18-17(19,20)13-4-1-11(2-5-13)9-23-15(25)12-3-6-14(22-10-12)29(26,27)24-16-21-7-8-28-16/h1-8,10H,9H2,(H,21,24)(H,23,25). The Morgan fingerprint density at radius 3 is 2.34 bits per heavy atom. The number of hydrogen-bond donors (Lipinski definition) is 2. The number of aromatic nitrogens is 2. The fraction of sp³-hybridized carbons (Fsp3) is 0.118. The van der Waals surface area contributed by atoms with E-state index in [4.69, 9.17) is 0 Å². The van der Waals surface area contributed by atoms with Crippen molar-refractivity contribution < 1.29 is 26.4 Å². The lowest BCUT2D eigenvalue weighted by Gasteiger charge is -2.09. The Balaban J connectivity index is 1.62. The summed E-state index contributed by atoms with van der Waals surface area (Å²) in [4.78, 5) is 19.8. The summed E-state index contributed by atoms with van der Waals surface area (Å²) in [6, 6.07) is 6.84. The van der Waals surface area contributed by atoms with Gasteiger partial charge < -0.3 is 5.32 Å². The largest absolute Gasteiger partial charge is 0.416 e. The van der Waals surface area contributed by atoms with E-state index in [0.717, 1.165) is 29.7 Å². The van der Waals surface area contributed by atoms with Crippen molar-refractivity contribution in [1.29, 1.82) is 0 Å². The number of halogens is 3. The average Bonchev–Trinajstić information content (AvgIpc) is 3.18. The highest BCUT2D eigenvalue weighted by Gasteiger charge is 2.29. The summed E-state index contributed by atoms with van der Waals surface area (Å²) in [6.45, 7) is 0.00260. The minimum Gasteiger partial charge on any atom is -0.348 e. The number of amides is 1. The summed E-state index contributed by atoms with van der Waals surface area (Å²) in [5.74, 6) is -0.547. The van der Waals surface area contributed by atoms with Gasteiger partial charge in [-0.25, -0.2) is 9.97 Å². The lowest BCUT2D eigenvalue weighted by atomic mass is 10.1. The molecule has 0 saturated carbocycles. The smallest absolute Gasteiger partial charge is 0.348 e. The van der Waals surface area contributed by atoms with Crippen LogP contribution in [0.15, 0.2) is 59.2 Å². The molecule has 0 aliphatic heterocycles. The molecule has 1 amide bonds. The Hall–Kier alpha value is -2.99. The number of nitrogens with one attached hydrogen (secondary N) is 2. The van der Waals surface area contributed by atoms with Crippen molar-refractivity contribution in [3.63, 3.8) is 0 Å². The third-order valence-electron chi connectivity index (χ3n) is 3.66. The number of hydrogen-bond acceptors (Lipinski definition) is 6. The van der Waals surface area contributed by atoms with Gasteiger partial charge in [-0.1, -0.05) is 12.1 Å². The summed E-state index contributed by atoms with van der Waals surface area (Å²) >= 11 is 1.10. The van der Waals surface area contributed by atoms with E-state index in [1.165, 1.54) is 30.5 Å². The molecule has 0 bridgehead atoms. The second kappa shape index (κ2) is 8.17. The monoisotopic (exact) mass is 442 g/mol. The Labute approximate surface area is 167 Å². The fourth-order valence-corrected chi connectivity index (χ4v) is 3.93. The first-order valence-electron chi connectivity index (χ1n) is 7.98. The minimum atomic E-state index is -4.43. The number of pyridine rings is 1. The molecule has 0 radical (unpaired) electrons. The molecule has 0 atom stereocenters. The SMILES string of the molecule is O=C(NCc1ccc(C(F)(F)F)cc1)c1ccc(S(=O)(=O)Nc2nccs2)nc1. The van der Waals surface area contributed by atoms with Gasteiger partial charge in [-0.05, 0) is 29.8 Å². The van der Waals surface area contributed by atoms with E-state index in [2.05, 4.69) is 20.0 Å². The van der Waals surface area contributed by atoms with Gasteiger partial charge in [0.05, 0.1) is 11.1 Å². The van der Waals surface area contributed by atoms with E-state index in [0.29, 0.717) is 5.56 Å². The van der Waals surface area contributed by atoms with Crippen LogP contribution in [0.3, 0.4) is 0 Å². The predicted octanol–water partition coefficient (Wildman–Crippen LogP) is 3.29. The van der Waals surface area contributed by atoms with Crippen molar-refractivity contribution in [3.8, 4) is 0 Å². The molecule has 0 aliphatic carbocycles. The number of carbonyl (C=O) groups is 1. The molecule has 12 heteroatoms. The molecule has 3 aromatic rings. The number of thiazole rings is 1. The van der Waals surface area contributed by atoms with Gasteiger partial charge in [-0.15, -0.1) is 11.3 Å². The summed E-state index contributed by atoms with van der Waals surface area (Å²) < 4.78 is 64.3. The van der Waals surface area contributed by atoms with E-state index < -0.39 is 27.7 Å². The van der Waals surface area contributed by atoms with Gasteiger partial charge in [-0.3, -0.25) is 9.52 Å². The second-order valence-electron chi connectivity index (χ2n) is 5.71. The number of carbonyl (C=O) groups excluding carboxylic acids is 1. The first-order chi connectivity index (χ1) is 13.6. The third-order valence-corrected chi connectivity index (χ3v) is 5.73. The number of rotatable bonds is 6. The van der Waals surface area contributed by atoms with E-state index >= 15 is 0 Å². The number of sulfonamides is 1. The quantitative estimate of drug-likeness (QED) is 0.610. The van der Waals surface area contributed by atoms with Crippen LogP contribution in [0.2, 0.25) is 0 Å². The summed E-state index contributed by atoms with van der Waals surface area (Å²) in [5.41, 5.74) is -0.198. The third kappa shape index (κ3) is 5.29. The second-order valence-corrected chi connectivity index (χ2v) is 8.23. The topological polar surface area (TPSA) is 101 Å². The highest BCUT2D eigenvalue weighted by Crippen LogP contribution is 2.29. The van der Waals surface area contributed by atoms with Crippen molar-refractivity contribution in [2.24, 2.45) is 0 Å². The van der Waals surface area contributed by atoms with Gasteiger partial charge in [0.25, 0.3) is 15.9 Å². The maximum absolute atomic E-state index is 12.6. The zero-order valence-corrected chi connectivity index (χ0v) is 16.1. The Bertz CT molecular complexity index is 1080. The Morgan fingerprint density at radius 2 is 1.79 bits per heavy atom. The van der Waals surface area contributed by atoms with Crippen molar-refractivity contribution in [2.45, 2.75) is 17.7 Å². The van der Waals surface area contributed by atoms with Crippen LogP contribution in [0.25, 0.3) is 0 Å². The lowest BCUT2D eigenvalue weighted by Crippen LogP contribution is -2.23. The van der Waals surface area contributed by atoms with E-state index in [9.17, 15) is 26.4 Å². The molecule has 1 aromatic carbocycles. The first kappa shape index (κ1) is 20.7. The number of anilines is 1. The van der Waals surface area contributed by atoms with E-state index in [-0.39, 0.29) is 22.3 Å². The van der Waals surface area contributed by atoms with Crippen LogP contribution in [-0.4, -0.2) is 24.3 Å². The van der Waals surface area contributed by atoms with Gasteiger partial charge in [0.1, 0.15) is 0 Å². The van der Waals surface area contributed by atoms with Gasteiger partial charge in [0, 0.05) is 24.3 Å². The molecule has 0 saturated heterocycles. The van der Waals surface area contributed by atoms with Crippen LogP contribution in [0, 0.1) is 0 Å². The van der Waals surface area contributed by atoms with E-state index in [1.807, 2.05) is 0 Å². The molecule has 3 rings (SSSR count). The number of benzene rings is 1. The molecule has 2 N–H and O–H groups in total. The minimum absolute atomic E-state index is 0.00260. The van der Waals surface area contributed by atoms with Crippen LogP contribution in [0.1, 0.15) is 21.5 Å². The fourth-order valence-electron chi connectivity index (χ4n) is 2.21. The zero-order valence-electron chi connectivity index (χ0n) is 14.5. The molecule has 152 valence electrons. The molecule has 0 aliphatic rings. The molecular formula is C17H13F3N4O3S2. The molecular weight excluding hydrogens is 429 g/mol. The van der Waals surface area contributed by atoms with Crippen molar-refractivity contribution in [2.75, 3.05) is 4.72 Å². The van der Waals surface area contributed by atoms with Crippen LogP contribution in [-0.2, 0) is 22.7 Å². The van der Waals surface area contributed by atoms with Crippen LogP contribution in [0.5, 0.6) is 0 Å². The summed E-state index contributed by atoms with van der Waals surface area (Å²) in [7, 11) is -3.93. The molecule has 7 nitrogen and oxygen atoms in total. The Morgan fingerprint density at radius 1 is 1.07 bits per heavy atom. The maximum Gasteiger partial charge on any atom is 0.416 e. The first-order valence-corrected chi connectivity index (χ1v) is 10.3.